The molecule has 0 aromatic heterocycles. The van der Waals surface area contributed by atoms with E-state index in [1.807, 2.05) is 6.92 Å². The first-order valence-electron chi connectivity index (χ1n) is 4.87. The van der Waals surface area contributed by atoms with E-state index in [9.17, 15) is 8.42 Å². The summed E-state index contributed by atoms with van der Waals surface area (Å²) in [6.45, 7) is 2.57. The Kier molecular flexibility index (Phi) is 2.76. The van der Waals surface area contributed by atoms with Crippen LogP contribution in [0.3, 0.4) is 0 Å². The Hall–Kier alpha value is -1.67. The maximum Gasteiger partial charge on any atom is 0.501 e. The largest absolute Gasteiger partial charge is 0.501 e. The normalized spacial score (nSPS) is 16.1. The van der Waals surface area contributed by atoms with Crippen LogP contribution in [0.4, 0.5) is 11.4 Å². The van der Waals surface area contributed by atoms with E-state index >= 15 is 0 Å². The predicted molar refractivity (Wildman–Crippen MR) is 60.8 cm³/mol. The minimum Gasteiger partial charge on any atom is -0.395 e. The van der Waals surface area contributed by atoms with E-state index in [2.05, 4.69) is 8.37 Å². The molecule has 1 aliphatic heterocycles. The van der Waals surface area contributed by atoms with Crippen molar-refractivity contribution in [2.45, 2.75) is 13.5 Å². The summed E-state index contributed by atoms with van der Waals surface area (Å²) >= 11 is 0. The maximum absolute atomic E-state index is 11.2. The second kappa shape index (κ2) is 3.97. The summed E-state index contributed by atoms with van der Waals surface area (Å²) in [5.74, 6) is -0.0846. The predicted octanol–water partition coefficient (Wildman–Crippen LogP) is 0.404. The molecule has 4 N–H and O–H groups in total. The monoisotopic (exact) mass is 260 g/mol. The number of ether oxygens (including phenoxy) is 1. The number of hydrogen-bond acceptors (Lipinski definition) is 7. The van der Waals surface area contributed by atoms with E-state index < -0.39 is 10.4 Å². The highest BCUT2D eigenvalue weighted by Gasteiger charge is 2.30. The lowest BCUT2D eigenvalue weighted by Crippen LogP contribution is -2.23. The van der Waals surface area contributed by atoms with Crippen molar-refractivity contribution < 1.29 is 21.5 Å². The van der Waals surface area contributed by atoms with E-state index in [1.165, 1.54) is 6.07 Å². The third kappa shape index (κ3) is 2.08. The van der Waals surface area contributed by atoms with Crippen molar-refractivity contribution in [3.63, 3.8) is 0 Å². The van der Waals surface area contributed by atoms with Crippen LogP contribution in [0.5, 0.6) is 11.5 Å². The van der Waals surface area contributed by atoms with E-state index in [-0.39, 0.29) is 29.5 Å². The maximum atomic E-state index is 11.2. The highest BCUT2D eigenvalue weighted by Crippen LogP contribution is 2.44. The number of hydrogen-bond donors (Lipinski definition) is 2. The number of rotatable bonds is 3. The van der Waals surface area contributed by atoms with Crippen LogP contribution in [0.2, 0.25) is 0 Å². The van der Waals surface area contributed by atoms with Gasteiger partial charge in [0, 0.05) is 12.2 Å². The highest BCUT2D eigenvalue weighted by atomic mass is 32.3. The molecule has 0 saturated heterocycles. The summed E-state index contributed by atoms with van der Waals surface area (Å²) < 4.78 is 36.8. The Balaban J connectivity index is 2.49. The van der Waals surface area contributed by atoms with Gasteiger partial charge in [0.1, 0.15) is 5.69 Å². The molecule has 0 unspecified atom stereocenters. The van der Waals surface area contributed by atoms with Crippen LogP contribution in [-0.2, 0) is 21.7 Å². The van der Waals surface area contributed by atoms with Crippen molar-refractivity contribution in [2.24, 2.45) is 0 Å². The Morgan fingerprint density at radius 2 is 2.00 bits per heavy atom. The van der Waals surface area contributed by atoms with Gasteiger partial charge in [-0.1, -0.05) is 0 Å². The van der Waals surface area contributed by atoms with Crippen molar-refractivity contribution in [2.75, 3.05) is 18.1 Å². The molecule has 94 valence electrons. The topological polar surface area (TPSA) is 114 Å². The fourth-order valence-corrected chi connectivity index (χ4v) is 2.21. The smallest absolute Gasteiger partial charge is 0.395 e. The van der Waals surface area contributed by atoms with Gasteiger partial charge in [-0.3, -0.25) is 0 Å². The van der Waals surface area contributed by atoms with Crippen LogP contribution >= 0.6 is 0 Å². The van der Waals surface area contributed by atoms with Gasteiger partial charge >= 0.3 is 10.4 Å². The van der Waals surface area contributed by atoms with E-state index in [4.69, 9.17) is 16.2 Å². The molecule has 0 radical (unpaired) electrons. The molecular weight excluding hydrogens is 248 g/mol. The summed E-state index contributed by atoms with van der Waals surface area (Å²) in [6, 6.07) is 1.43. The van der Waals surface area contributed by atoms with Crippen LogP contribution in [-0.4, -0.2) is 15.0 Å². The van der Waals surface area contributed by atoms with Gasteiger partial charge < -0.3 is 24.6 Å². The lowest BCUT2D eigenvalue weighted by Gasteiger charge is -2.21. The van der Waals surface area contributed by atoms with Gasteiger partial charge in [0.15, 0.2) is 11.5 Å². The molecule has 8 heteroatoms. The number of fused-ring (bicyclic) bond motifs is 2. The minimum absolute atomic E-state index is 0.00940. The molecule has 0 fully saturated rings. The van der Waals surface area contributed by atoms with Gasteiger partial charge in [-0.05, 0) is 13.0 Å². The highest BCUT2D eigenvalue weighted by molar-refractivity contribution is 7.82. The van der Waals surface area contributed by atoms with E-state index in [0.717, 1.165) is 0 Å². The Bertz CT molecular complexity index is 555. The Labute approximate surface area is 98.6 Å². The number of anilines is 2. The van der Waals surface area contributed by atoms with Gasteiger partial charge in [-0.2, -0.15) is 0 Å². The molecule has 0 amide bonds. The lowest BCUT2D eigenvalue weighted by atomic mass is 10.1. The number of nitrogen functional groups attached to an aromatic ring is 2. The molecule has 0 spiro atoms. The molecule has 2 bridgehead atoms. The molecule has 7 nitrogen and oxygen atoms in total. The molecule has 2 rings (SSSR count). The average Bonchev–Trinajstić information content (AvgIpc) is 2.25. The molecule has 1 aromatic carbocycles. The summed E-state index contributed by atoms with van der Waals surface area (Å²) in [4.78, 5) is 0. The first-order valence-corrected chi connectivity index (χ1v) is 6.20. The second-order valence-electron chi connectivity index (χ2n) is 3.40. The second-order valence-corrected chi connectivity index (χ2v) is 4.55. The van der Waals surface area contributed by atoms with Gasteiger partial charge in [0.25, 0.3) is 0 Å². The number of nitrogens with two attached hydrogens (primary N) is 2. The quantitative estimate of drug-likeness (QED) is 0.756. The van der Waals surface area contributed by atoms with Crippen LogP contribution in [0.25, 0.3) is 0 Å². The van der Waals surface area contributed by atoms with Gasteiger partial charge in [-0.25, -0.2) is 0 Å². The molecule has 17 heavy (non-hydrogen) atoms. The van der Waals surface area contributed by atoms with Crippen molar-refractivity contribution in [3.8, 4) is 11.5 Å². The Morgan fingerprint density at radius 3 is 2.65 bits per heavy atom. The standard InChI is InChI=1S/C9H12N2O5S/c1-2-14-4-5-3-6-8(11)9(7(5)10)16-17(12,13)15-6/h3H,2,4,10-11H2,1H3. The van der Waals surface area contributed by atoms with Crippen LogP contribution in [0.1, 0.15) is 12.5 Å². The van der Waals surface area contributed by atoms with Crippen LogP contribution < -0.4 is 19.8 Å². The molecule has 0 atom stereocenters. The Morgan fingerprint density at radius 1 is 1.29 bits per heavy atom. The summed E-state index contributed by atoms with van der Waals surface area (Å²) in [6.07, 6.45) is 0. The number of benzene rings is 1. The summed E-state index contributed by atoms with van der Waals surface area (Å²) in [5, 5.41) is 0. The van der Waals surface area contributed by atoms with Gasteiger partial charge in [-0.15, -0.1) is 8.42 Å². The molecule has 1 aromatic rings. The third-order valence-corrected chi connectivity index (χ3v) is 3.00. The first kappa shape index (κ1) is 11.8. The zero-order valence-corrected chi connectivity index (χ0v) is 9.91. The molecule has 1 heterocycles. The van der Waals surface area contributed by atoms with Crippen molar-refractivity contribution in [1.82, 2.24) is 0 Å². The minimum atomic E-state index is -4.11. The SMILES string of the molecule is CCOCc1cc2c(N)c(c1N)OS(=O)(=O)O2. The summed E-state index contributed by atoms with van der Waals surface area (Å²) in [7, 11) is -4.11. The lowest BCUT2D eigenvalue weighted by molar-refractivity contribution is 0.134. The molecule has 1 aliphatic rings. The summed E-state index contributed by atoms with van der Waals surface area (Å²) in [5.41, 5.74) is 12.2. The zero-order valence-electron chi connectivity index (χ0n) is 9.10. The van der Waals surface area contributed by atoms with E-state index in [1.54, 1.807) is 0 Å². The van der Waals surface area contributed by atoms with Crippen molar-refractivity contribution in [1.29, 1.82) is 0 Å². The zero-order chi connectivity index (χ0) is 12.6. The first-order chi connectivity index (χ1) is 7.94. The average molecular weight is 260 g/mol. The third-order valence-electron chi connectivity index (χ3n) is 2.24. The van der Waals surface area contributed by atoms with E-state index in [0.29, 0.717) is 12.2 Å². The van der Waals surface area contributed by atoms with Crippen molar-refractivity contribution in [3.05, 3.63) is 11.6 Å². The van der Waals surface area contributed by atoms with Crippen LogP contribution in [0, 0.1) is 0 Å². The molecular formula is C9H12N2O5S. The molecule has 0 saturated carbocycles. The van der Waals surface area contributed by atoms with Gasteiger partial charge in [0.2, 0.25) is 0 Å². The fraction of sp³-hybridized carbons (Fsp3) is 0.333. The molecule has 0 aliphatic carbocycles. The van der Waals surface area contributed by atoms with Crippen molar-refractivity contribution >= 4 is 21.8 Å². The fourth-order valence-electron chi connectivity index (χ4n) is 1.44. The van der Waals surface area contributed by atoms with Crippen LogP contribution in [0.15, 0.2) is 6.07 Å². The van der Waals surface area contributed by atoms with Gasteiger partial charge in [0.05, 0.1) is 12.3 Å².